The number of β-lactam (4-membered cyclic amide) rings is 1. The van der Waals surface area contributed by atoms with Gasteiger partial charge >= 0.3 is 5.97 Å². The Bertz CT molecular complexity index is 937. The van der Waals surface area contributed by atoms with E-state index in [1.807, 2.05) is 6.92 Å². The molecule has 1 aromatic carbocycles. The fourth-order valence-corrected chi connectivity index (χ4v) is 5.60. The second kappa shape index (κ2) is 8.56. The first kappa shape index (κ1) is 24.2. The number of thioether (sulfide) groups is 1. The summed E-state index contributed by atoms with van der Waals surface area (Å²) < 4.78 is 33.5. The van der Waals surface area contributed by atoms with E-state index in [4.69, 9.17) is 0 Å². The van der Waals surface area contributed by atoms with Crippen LogP contribution in [0, 0.1) is 0 Å². The summed E-state index contributed by atoms with van der Waals surface area (Å²) in [5.74, 6) is -2.33. The molecule has 2 rings (SSSR count). The van der Waals surface area contributed by atoms with Crippen molar-refractivity contribution >= 4 is 39.7 Å². The van der Waals surface area contributed by atoms with Crippen molar-refractivity contribution in [2.24, 2.45) is 0 Å². The number of hydrogen-bond acceptors (Lipinski definition) is 6. The number of benzene rings is 1. The number of aliphatic carboxylic acids is 1. The van der Waals surface area contributed by atoms with Gasteiger partial charge in [-0.25, -0.2) is 4.79 Å². The van der Waals surface area contributed by atoms with Gasteiger partial charge in [-0.05, 0) is 31.6 Å². The second-order valence-electron chi connectivity index (χ2n) is 7.41. The van der Waals surface area contributed by atoms with Crippen LogP contribution in [0.2, 0.25) is 0 Å². The summed E-state index contributed by atoms with van der Waals surface area (Å²) in [5, 5.41) is 9.49. The smallest absolute Gasteiger partial charge is 0.329 e. The zero-order chi connectivity index (χ0) is 22.9. The van der Waals surface area contributed by atoms with Crippen molar-refractivity contribution in [2.45, 2.75) is 55.8 Å². The largest absolute Gasteiger partial charge is 0.480 e. The minimum Gasteiger partial charge on any atom is -0.480 e. The standard InChI is InChI=1S/C19H26N2O7S2/c1-5-18(3,17(24)25)21-15(23)19(4,16(21)29-6-2)20-14(22)13(30(26,27)28)12-10-8-7-9-11-12/h7-11,13,16H,5-6H2,1-4H3,(H,20,22)(H,24,25)(H,26,27,28)/t13?,16?,18-,19-/m1/s1. The van der Waals surface area contributed by atoms with Crippen molar-refractivity contribution in [1.82, 2.24) is 10.2 Å². The van der Waals surface area contributed by atoms with Gasteiger partial charge in [-0.1, -0.05) is 44.2 Å². The molecule has 1 aliphatic heterocycles. The number of rotatable bonds is 9. The number of carbonyl (C=O) groups excluding carboxylic acids is 2. The van der Waals surface area contributed by atoms with Gasteiger partial charge in [0.05, 0.1) is 0 Å². The van der Waals surface area contributed by atoms with Gasteiger partial charge in [0.2, 0.25) is 5.91 Å². The van der Waals surface area contributed by atoms with E-state index in [2.05, 4.69) is 5.32 Å². The molecule has 1 fully saturated rings. The fraction of sp³-hybridized carbons (Fsp3) is 0.526. The highest BCUT2D eigenvalue weighted by atomic mass is 32.2. The van der Waals surface area contributed by atoms with Gasteiger partial charge < -0.3 is 15.3 Å². The molecule has 1 aliphatic rings. The first-order chi connectivity index (χ1) is 13.8. The minimum atomic E-state index is -4.82. The van der Waals surface area contributed by atoms with Crippen molar-refractivity contribution in [3.05, 3.63) is 35.9 Å². The molecule has 9 nitrogen and oxygen atoms in total. The summed E-state index contributed by atoms with van der Waals surface area (Å²) in [5.41, 5.74) is -2.95. The van der Waals surface area contributed by atoms with Gasteiger partial charge in [-0.15, -0.1) is 11.8 Å². The topological polar surface area (TPSA) is 141 Å². The Labute approximate surface area is 180 Å². The summed E-state index contributed by atoms with van der Waals surface area (Å²) in [6.45, 7) is 6.33. The van der Waals surface area contributed by atoms with Gasteiger partial charge in [0.25, 0.3) is 16.0 Å². The zero-order valence-corrected chi connectivity index (χ0v) is 18.8. The summed E-state index contributed by atoms with van der Waals surface area (Å²) in [4.78, 5) is 39.0. The van der Waals surface area contributed by atoms with E-state index in [-0.39, 0.29) is 12.0 Å². The molecule has 30 heavy (non-hydrogen) atoms. The Morgan fingerprint density at radius 2 is 1.87 bits per heavy atom. The lowest BCUT2D eigenvalue weighted by Gasteiger charge is -2.59. The number of amides is 2. The molecule has 166 valence electrons. The molecule has 0 bridgehead atoms. The van der Waals surface area contributed by atoms with E-state index in [0.29, 0.717) is 5.75 Å². The van der Waals surface area contributed by atoms with Crippen LogP contribution in [-0.4, -0.2) is 63.0 Å². The Balaban J connectivity index is 2.41. The summed E-state index contributed by atoms with van der Waals surface area (Å²) in [7, 11) is -4.82. The maximum Gasteiger partial charge on any atom is 0.329 e. The summed E-state index contributed by atoms with van der Waals surface area (Å²) in [6.07, 6.45) is 0.149. The Morgan fingerprint density at radius 1 is 1.30 bits per heavy atom. The highest BCUT2D eigenvalue weighted by Gasteiger charge is 2.65. The third-order valence-corrected chi connectivity index (χ3v) is 7.83. The number of carboxylic acid groups (broad SMARTS) is 1. The average Bonchev–Trinajstić information content (AvgIpc) is 2.66. The van der Waals surface area contributed by atoms with Crippen LogP contribution in [0.15, 0.2) is 30.3 Å². The Morgan fingerprint density at radius 3 is 2.30 bits per heavy atom. The molecule has 0 aliphatic carbocycles. The SMILES string of the molecule is CCSC1N([C@](C)(CC)C(=O)O)C(=O)[C@@]1(C)NC(=O)C(c1ccccc1)S(=O)(=O)O. The van der Waals surface area contributed by atoms with Crippen LogP contribution in [0.4, 0.5) is 0 Å². The number of carbonyl (C=O) groups is 3. The molecule has 0 saturated carbocycles. The van der Waals surface area contributed by atoms with Gasteiger partial charge in [0.1, 0.15) is 16.5 Å². The molecule has 11 heteroatoms. The Hall–Kier alpha value is -2.11. The molecule has 0 aromatic heterocycles. The van der Waals surface area contributed by atoms with Crippen molar-refractivity contribution < 1.29 is 32.5 Å². The van der Waals surface area contributed by atoms with Crippen LogP contribution < -0.4 is 5.32 Å². The van der Waals surface area contributed by atoms with Gasteiger partial charge in [-0.2, -0.15) is 8.42 Å². The van der Waals surface area contributed by atoms with Crippen molar-refractivity contribution in [3.63, 3.8) is 0 Å². The zero-order valence-electron chi connectivity index (χ0n) is 17.2. The van der Waals surface area contributed by atoms with Crippen LogP contribution >= 0.6 is 11.8 Å². The molecular weight excluding hydrogens is 432 g/mol. The van der Waals surface area contributed by atoms with Gasteiger partial charge in [-0.3, -0.25) is 14.1 Å². The second-order valence-corrected chi connectivity index (χ2v) is 10.3. The van der Waals surface area contributed by atoms with Crippen molar-refractivity contribution in [2.75, 3.05) is 5.75 Å². The van der Waals surface area contributed by atoms with E-state index < -0.39 is 49.6 Å². The van der Waals surface area contributed by atoms with Crippen molar-refractivity contribution in [3.8, 4) is 0 Å². The molecule has 1 saturated heterocycles. The molecule has 0 spiro atoms. The van der Waals surface area contributed by atoms with Crippen molar-refractivity contribution in [1.29, 1.82) is 0 Å². The van der Waals surface area contributed by atoms with E-state index in [9.17, 15) is 32.5 Å². The van der Waals surface area contributed by atoms with Crippen LogP contribution in [-0.2, 0) is 24.5 Å². The predicted octanol–water partition coefficient (Wildman–Crippen LogP) is 1.67. The summed E-state index contributed by atoms with van der Waals surface area (Å²) >= 11 is 1.27. The monoisotopic (exact) mass is 458 g/mol. The van der Waals surface area contributed by atoms with E-state index in [1.54, 1.807) is 13.0 Å². The van der Waals surface area contributed by atoms with Crippen LogP contribution in [0.3, 0.4) is 0 Å². The highest BCUT2D eigenvalue weighted by Crippen LogP contribution is 2.44. The maximum absolute atomic E-state index is 13.0. The van der Waals surface area contributed by atoms with Crippen LogP contribution in [0.25, 0.3) is 0 Å². The number of hydrogen-bond donors (Lipinski definition) is 3. The third kappa shape index (κ3) is 4.06. The lowest BCUT2D eigenvalue weighted by molar-refractivity contribution is -0.178. The molecular formula is C19H26N2O7S2. The average molecular weight is 459 g/mol. The quantitative estimate of drug-likeness (QED) is 0.375. The predicted molar refractivity (Wildman–Crippen MR) is 112 cm³/mol. The van der Waals surface area contributed by atoms with E-state index >= 15 is 0 Å². The molecule has 4 atom stereocenters. The fourth-order valence-electron chi connectivity index (χ4n) is 3.48. The summed E-state index contributed by atoms with van der Waals surface area (Å²) in [6, 6.07) is 7.43. The van der Waals surface area contributed by atoms with Gasteiger partial charge in [0, 0.05) is 0 Å². The lowest BCUT2D eigenvalue weighted by atomic mass is 9.82. The number of likely N-dealkylation sites (tertiary alicyclic amines) is 1. The van der Waals surface area contributed by atoms with E-state index in [1.165, 1.54) is 54.8 Å². The number of nitrogens with zero attached hydrogens (tertiary/aromatic N) is 1. The molecule has 1 aromatic rings. The number of carboxylic acids is 1. The molecule has 2 amide bonds. The third-order valence-electron chi connectivity index (χ3n) is 5.42. The number of nitrogens with one attached hydrogen (secondary N) is 1. The highest BCUT2D eigenvalue weighted by molar-refractivity contribution is 8.00. The molecule has 3 N–H and O–H groups in total. The van der Waals surface area contributed by atoms with Gasteiger partial charge in [0.15, 0.2) is 5.25 Å². The first-order valence-corrected chi connectivity index (χ1v) is 11.9. The maximum atomic E-state index is 13.0. The normalized spacial score (nSPS) is 24.5. The molecule has 1 heterocycles. The van der Waals surface area contributed by atoms with Crippen LogP contribution in [0.5, 0.6) is 0 Å². The van der Waals surface area contributed by atoms with E-state index in [0.717, 1.165) is 0 Å². The Kier molecular flexibility index (Phi) is 6.89. The first-order valence-electron chi connectivity index (χ1n) is 9.36. The molecule has 0 radical (unpaired) electrons. The van der Waals surface area contributed by atoms with Crippen LogP contribution in [0.1, 0.15) is 44.9 Å². The molecule has 2 unspecified atom stereocenters. The minimum absolute atomic E-state index is 0.0494. The lowest BCUT2D eigenvalue weighted by Crippen LogP contribution is -2.82.